The molecule has 5 nitrogen and oxygen atoms in total. The van der Waals surface area contributed by atoms with Crippen LogP contribution in [0.1, 0.15) is 114 Å². The number of aliphatic carboxylic acids is 1. The van der Waals surface area contributed by atoms with E-state index in [1.165, 1.54) is 43.3 Å². The molecule has 6 aliphatic rings. The molecule has 224 valence electrons. The molecule has 2 spiro atoms. The van der Waals surface area contributed by atoms with Gasteiger partial charge in [-0.05, 0) is 81.5 Å². The van der Waals surface area contributed by atoms with E-state index >= 15 is 0 Å². The van der Waals surface area contributed by atoms with E-state index in [0.29, 0.717) is 41.9 Å². The third kappa shape index (κ3) is 5.18. The summed E-state index contributed by atoms with van der Waals surface area (Å²) < 4.78 is 12.9. The molecule has 6 rings (SSSR count). The van der Waals surface area contributed by atoms with Crippen molar-refractivity contribution in [2.45, 2.75) is 137 Å². The lowest BCUT2D eigenvalue weighted by atomic mass is 9.76. The van der Waals surface area contributed by atoms with Gasteiger partial charge in [-0.25, -0.2) is 0 Å². The first-order valence-corrected chi connectivity index (χ1v) is 15.2. The summed E-state index contributed by atoms with van der Waals surface area (Å²) in [4.78, 5) is 9.00. The molecular formula is C34H58O5. The molecule has 6 fully saturated rings. The van der Waals surface area contributed by atoms with Gasteiger partial charge in [0.05, 0.1) is 16.8 Å². The van der Waals surface area contributed by atoms with Gasteiger partial charge in [-0.2, -0.15) is 0 Å². The molecule has 10 unspecified atom stereocenters. The highest BCUT2D eigenvalue weighted by molar-refractivity contribution is 5.62. The topological polar surface area (TPSA) is 76.0 Å². The predicted molar refractivity (Wildman–Crippen MR) is 158 cm³/mol. The zero-order valence-electron chi connectivity index (χ0n) is 25.3. The normalized spacial score (nSPS) is 47.1. The molecule has 2 aliphatic carbocycles. The molecule has 10 atom stereocenters. The minimum Gasteiger partial charge on any atom is -0.481 e. The van der Waals surface area contributed by atoms with Crippen LogP contribution in [0.4, 0.5) is 0 Å². The summed E-state index contributed by atoms with van der Waals surface area (Å²) in [6, 6.07) is 0. The van der Waals surface area contributed by atoms with E-state index in [0.717, 1.165) is 25.7 Å². The van der Waals surface area contributed by atoms with Crippen LogP contribution in [0.25, 0.3) is 0 Å². The van der Waals surface area contributed by atoms with Crippen molar-refractivity contribution in [1.29, 1.82) is 0 Å². The molecule has 0 aromatic rings. The Hall–Kier alpha value is -1.17. The van der Waals surface area contributed by atoms with E-state index in [9.17, 15) is 5.11 Å². The summed E-state index contributed by atoms with van der Waals surface area (Å²) in [6.45, 7) is 25.8. The zero-order valence-corrected chi connectivity index (χ0v) is 25.3. The highest BCUT2D eigenvalue weighted by atomic mass is 16.6. The van der Waals surface area contributed by atoms with Gasteiger partial charge < -0.3 is 19.7 Å². The molecule has 0 aromatic carbocycles. The molecule has 2 saturated carbocycles. The Balaban J connectivity index is 0.000000186. The Kier molecular flexibility index (Phi) is 9.05. The third-order valence-electron chi connectivity index (χ3n) is 11.5. The van der Waals surface area contributed by atoms with Gasteiger partial charge >= 0.3 is 0 Å². The van der Waals surface area contributed by atoms with E-state index in [2.05, 4.69) is 61.6 Å². The zero-order chi connectivity index (χ0) is 28.4. The quantitative estimate of drug-likeness (QED) is 0.343. The summed E-state index contributed by atoms with van der Waals surface area (Å²) >= 11 is 0. The number of ether oxygens (including phenoxy) is 2. The van der Waals surface area contributed by atoms with Gasteiger partial charge in [-0.3, -0.25) is 4.79 Å². The molecule has 0 amide bonds. The summed E-state index contributed by atoms with van der Waals surface area (Å²) in [5, 5.41) is 18.2. The number of hydrogen-bond acceptors (Lipinski definition) is 4. The number of hydrogen-bond donors (Lipinski definition) is 2. The fourth-order valence-corrected chi connectivity index (χ4v) is 9.74. The number of carboxylic acid groups (broad SMARTS) is 1. The van der Waals surface area contributed by atoms with Crippen molar-refractivity contribution in [2.75, 3.05) is 0 Å². The van der Waals surface area contributed by atoms with E-state index in [1.807, 2.05) is 0 Å². The number of aliphatic hydroxyl groups is 1. The number of rotatable bonds is 2. The first-order valence-electron chi connectivity index (χ1n) is 15.2. The Bertz CT molecular complexity index is 881. The Labute approximate surface area is 238 Å². The lowest BCUT2D eigenvalue weighted by molar-refractivity contribution is -0.269. The fourth-order valence-electron chi connectivity index (χ4n) is 9.74. The smallest absolute Gasteiger partial charge is 0.300 e. The van der Waals surface area contributed by atoms with Crippen molar-refractivity contribution < 1.29 is 24.5 Å². The van der Waals surface area contributed by atoms with Crippen LogP contribution in [0.5, 0.6) is 0 Å². The van der Waals surface area contributed by atoms with Crippen molar-refractivity contribution >= 4 is 5.97 Å². The minimum atomic E-state index is -0.930. The molecule has 0 radical (unpaired) electrons. The van der Waals surface area contributed by atoms with Crippen molar-refractivity contribution in [3.05, 3.63) is 24.3 Å². The van der Waals surface area contributed by atoms with Crippen LogP contribution in [0, 0.1) is 47.3 Å². The Morgan fingerprint density at radius 1 is 0.846 bits per heavy atom. The maximum Gasteiger partial charge on any atom is 0.300 e. The molecule has 4 heterocycles. The lowest BCUT2D eigenvalue weighted by Crippen LogP contribution is -2.48. The fraction of sp³-hybridized carbons (Fsp3) is 0.853. The van der Waals surface area contributed by atoms with E-state index in [-0.39, 0.29) is 30.1 Å². The van der Waals surface area contributed by atoms with Crippen molar-refractivity contribution in [1.82, 2.24) is 0 Å². The largest absolute Gasteiger partial charge is 0.481 e. The third-order valence-corrected chi connectivity index (χ3v) is 11.5. The molecule has 5 heteroatoms. The van der Waals surface area contributed by atoms with Crippen molar-refractivity contribution in [3.63, 3.8) is 0 Å². The average molecular weight is 547 g/mol. The molecule has 0 aromatic heterocycles. The molecule has 4 bridgehead atoms. The van der Waals surface area contributed by atoms with Crippen LogP contribution in [0.15, 0.2) is 24.3 Å². The molecule has 39 heavy (non-hydrogen) atoms. The van der Waals surface area contributed by atoms with Gasteiger partial charge in [0, 0.05) is 31.1 Å². The molecule has 2 N–H and O–H groups in total. The minimum absolute atomic E-state index is 0. The van der Waals surface area contributed by atoms with Crippen LogP contribution in [0.3, 0.4) is 0 Å². The predicted octanol–water partition coefficient (Wildman–Crippen LogP) is 8.02. The summed E-state index contributed by atoms with van der Waals surface area (Å²) in [5.74, 6) is 2.82. The monoisotopic (exact) mass is 546 g/mol. The highest BCUT2D eigenvalue weighted by Crippen LogP contribution is 2.65. The molecule has 4 aliphatic heterocycles. The van der Waals surface area contributed by atoms with Crippen LogP contribution in [-0.4, -0.2) is 38.8 Å². The Morgan fingerprint density at radius 3 is 1.72 bits per heavy atom. The van der Waals surface area contributed by atoms with Gasteiger partial charge in [-0.15, -0.1) is 0 Å². The second-order valence-electron chi connectivity index (χ2n) is 14.6. The molecule has 4 saturated heterocycles. The van der Waals surface area contributed by atoms with E-state index < -0.39 is 11.8 Å². The van der Waals surface area contributed by atoms with Crippen LogP contribution >= 0.6 is 0 Å². The first kappa shape index (κ1) is 32.3. The van der Waals surface area contributed by atoms with Gasteiger partial charge in [0.2, 0.25) is 0 Å². The van der Waals surface area contributed by atoms with Gasteiger partial charge in [0.25, 0.3) is 5.97 Å². The van der Waals surface area contributed by atoms with E-state index in [4.69, 9.17) is 19.4 Å². The number of carboxylic acids is 1. The summed E-state index contributed by atoms with van der Waals surface area (Å²) in [7, 11) is 0. The second kappa shape index (κ2) is 10.9. The summed E-state index contributed by atoms with van der Waals surface area (Å²) in [5.41, 5.74) is 2.83. The maximum absolute atomic E-state index is 10.8. The first-order chi connectivity index (χ1) is 17.5. The highest BCUT2D eigenvalue weighted by Gasteiger charge is 2.67. The van der Waals surface area contributed by atoms with Crippen LogP contribution in [0.2, 0.25) is 0 Å². The number of carbonyl (C=O) groups is 1. The van der Waals surface area contributed by atoms with Crippen LogP contribution in [-0.2, 0) is 14.3 Å². The Morgan fingerprint density at radius 2 is 1.26 bits per heavy atom. The maximum atomic E-state index is 10.8. The SMILES string of the molecule is C.C=C1CC2(C)OC3(CC2C(C)C)C(C)CCC13.C=C1CC2(O)OC3(CC2C(C)C)C(C)CCC13.CC(=O)O. The number of fused-ring (bicyclic) bond motifs is 2. The second-order valence-corrected chi connectivity index (χ2v) is 14.6. The standard InChI is InChI=1S/C16H26O.C15H24O2.C2H4O2.CH4/c1-10(2)14-9-16-12(4)6-7-13(16)11(3)8-15(14,5)17-16;1-9(2)13-8-14-11(4)5-6-12(14)10(3)7-15(13,16)17-14;1-2(3)4;/h10,12-14H,3,6-9H2,1-2,4-5H3;9,11-13,16H,3,5-8H2,1-2,4H3;1H3,(H,3,4);1H4. The van der Waals surface area contributed by atoms with Gasteiger partial charge in [0.1, 0.15) is 0 Å². The van der Waals surface area contributed by atoms with Crippen LogP contribution < -0.4 is 0 Å². The molecular weight excluding hydrogens is 488 g/mol. The van der Waals surface area contributed by atoms with E-state index in [1.54, 1.807) is 0 Å². The lowest BCUT2D eigenvalue weighted by Gasteiger charge is -2.45. The average Bonchev–Trinajstić information content (AvgIpc) is 3.44. The summed E-state index contributed by atoms with van der Waals surface area (Å²) in [6.07, 6.45) is 9.07. The van der Waals surface area contributed by atoms with Gasteiger partial charge in [0.15, 0.2) is 5.79 Å². The van der Waals surface area contributed by atoms with Crippen molar-refractivity contribution in [3.8, 4) is 0 Å². The van der Waals surface area contributed by atoms with Gasteiger partial charge in [-0.1, -0.05) is 73.3 Å². The van der Waals surface area contributed by atoms with Crippen molar-refractivity contribution in [2.24, 2.45) is 47.3 Å².